The van der Waals surface area contributed by atoms with Crippen molar-refractivity contribution in [3.05, 3.63) is 48.2 Å². The number of hydrogen-bond acceptors (Lipinski definition) is 4. The molecule has 2 rings (SSSR count). The maximum atomic E-state index is 12.5. The van der Waals surface area contributed by atoms with Crippen molar-refractivity contribution in [2.24, 2.45) is 0 Å². The number of rotatable bonds is 5. The van der Waals surface area contributed by atoms with Gasteiger partial charge in [-0.15, -0.1) is 0 Å². The first-order valence-electron chi connectivity index (χ1n) is 6.79. The van der Waals surface area contributed by atoms with E-state index in [0.29, 0.717) is 11.4 Å². The summed E-state index contributed by atoms with van der Waals surface area (Å²) in [7, 11) is 1.49. The minimum absolute atomic E-state index is 0.0390. The Morgan fingerprint density at radius 2 is 1.71 bits per heavy atom. The fraction of sp³-hybridized carbons (Fsp3) is 0.133. The number of aromatic nitrogens is 1. The largest absolute Gasteiger partial charge is 0.341 e. The maximum absolute atomic E-state index is 12.5. The van der Waals surface area contributed by atoms with Crippen LogP contribution in [0.5, 0.6) is 0 Å². The molecule has 0 saturated heterocycles. The number of nitrogens with zero attached hydrogens (tertiary/aromatic N) is 1. The van der Waals surface area contributed by atoms with Gasteiger partial charge in [-0.2, -0.15) is 8.78 Å². The number of pyridine rings is 1. The number of carbonyl (C=O) groups is 2. The highest BCUT2D eigenvalue weighted by molar-refractivity contribution is 7.99. The van der Waals surface area contributed by atoms with Gasteiger partial charge in [0, 0.05) is 24.6 Å². The lowest BCUT2D eigenvalue weighted by Gasteiger charge is -2.09. The van der Waals surface area contributed by atoms with Gasteiger partial charge in [0.1, 0.15) is 5.03 Å². The zero-order valence-corrected chi connectivity index (χ0v) is 13.4. The number of hydrogen-bond donors (Lipinski definition) is 3. The maximum Gasteiger partial charge on any atom is 0.318 e. The van der Waals surface area contributed by atoms with Crippen molar-refractivity contribution in [3.8, 4) is 0 Å². The van der Waals surface area contributed by atoms with E-state index in [2.05, 4.69) is 20.9 Å². The Morgan fingerprint density at radius 3 is 2.29 bits per heavy atom. The first-order chi connectivity index (χ1) is 11.5. The van der Waals surface area contributed by atoms with Gasteiger partial charge in [0.05, 0.1) is 5.56 Å². The summed E-state index contributed by atoms with van der Waals surface area (Å²) in [6.07, 6.45) is 1.35. The van der Waals surface area contributed by atoms with Gasteiger partial charge in [0.25, 0.3) is 11.7 Å². The van der Waals surface area contributed by atoms with Gasteiger partial charge in [-0.25, -0.2) is 9.78 Å². The molecule has 0 saturated carbocycles. The minimum atomic E-state index is -2.67. The van der Waals surface area contributed by atoms with Crippen LogP contribution in [-0.2, 0) is 0 Å². The van der Waals surface area contributed by atoms with E-state index in [1.165, 1.54) is 25.4 Å². The van der Waals surface area contributed by atoms with Crippen molar-refractivity contribution < 1.29 is 18.4 Å². The summed E-state index contributed by atoms with van der Waals surface area (Å²) in [5.74, 6) is -3.21. The SMILES string of the molecule is CNC(=O)Nc1ccc(NC(=O)c2cccnc2SC(F)F)cc1. The molecule has 0 unspecified atom stereocenters. The number of amides is 3. The molecule has 0 atom stereocenters. The van der Waals surface area contributed by atoms with Crippen LogP contribution in [0.2, 0.25) is 0 Å². The molecule has 3 amide bonds. The molecular weight excluding hydrogens is 338 g/mol. The molecule has 2 aromatic rings. The van der Waals surface area contributed by atoms with E-state index < -0.39 is 11.7 Å². The number of urea groups is 1. The fourth-order valence-electron chi connectivity index (χ4n) is 1.77. The van der Waals surface area contributed by atoms with Crippen molar-refractivity contribution in [2.75, 3.05) is 17.7 Å². The van der Waals surface area contributed by atoms with Gasteiger partial charge in [0.2, 0.25) is 0 Å². The summed E-state index contributed by atoms with van der Waals surface area (Å²) in [5.41, 5.74) is 1.07. The minimum Gasteiger partial charge on any atom is -0.341 e. The monoisotopic (exact) mass is 352 g/mol. The molecule has 1 aromatic heterocycles. The van der Waals surface area contributed by atoms with Gasteiger partial charge in [-0.05, 0) is 48.2 Å². The number of carbonyl (C=O) groups excluding carboxylic acids is 2. The predicted molar refractivity (Wildman–Crippen MR) is 88.6 cm³/mol. The van der Waals surface area contributed by atoms with E-state index >= 15 is 0 Å². The summed E-state index contributed by atoms with van der Waals surface area (Å²) < 4.78 is 25.0. The quantitative estimate of drug-likeness (QED) is 0.720. The molecular formula is C15H14F2N4O2S. The number of halogens is 2. The fourth-order valence-corrected chi connectivity index (χ4v) is 2.35. The first kappa shape index (κ1) is 17.7. The van der Waals surface area contributed by atoms with Gasteiger partial charge < -0.3 is 16.0 Å². The van der Waals surface area contributed by atoms with Crippen molar-refractivity contribution in [1.82, 2.24) is 10.3 Å². The molecule has 0 bridgehead atoms. The molecule has 3 N–H and O–H groups in total. The highest BCUT2D eigenvalue weighted by Gasteiger charge is 2.16. The highest BCUT2D eigenvalue weighted by atomic mass is 32.2. The van der Waals surface area contributed by atoms with Crippen LogP contribution in [0.1, 0.15) is 10.4 Å². The Hall–Kier alpha value is -2.68. The zero-order valence-electron chi connectivity index (χ0n) is 12.5. The third-order valence-corrected chi connectivity index (χ3v) is 3.57. The van der Waals surface area contributed by atoms with E-state index in [0.717, 1.165) is 0 Å². The Kier molecular flexibility index (Phi) is 6.07. The number of anilines is 2. The predicted octanol–water partition coefficient (Wildman–Crippen LogP) is 3.40. The highest BCUT2D eigenvalue weighted by Crippen LogP contribution is 2.27. The average Bonchev–Trinajstić information content (AvgIpc) is 2.56. The second-order valence-electron chi connectivity index (χ2n) is 4.47. The van der Waals surface area contributed by atoms with Crippen molar-refractivity contribution >= 4 is 35.1 Å². The van der Waals surface area contributed by atoms with Crippen LogP contribution >= 0.6 is 11.8 Å². The Morgan fingerprint density at radius 1 is 1.08 bits per heavy atom. The number of thioether (sulfide) groups is 1. The standard InChI is InChI=1S/C15H14F2N4O2S/c1-18-15(23)21-10-6-4-9(5-7-10)20-12(22)11-3-2-8-19-13(11)24-14(16)17/h2-8,14H,1H3,(H,20,22)(H2,18,21,23). The number of nitrogens with one attached hydrogen (secondary N) is 3. The Bertz CT molecular complexity index is 726. The molecule has 6 nitrogen and oxygen atoms in total. The van der Waals surface area contributed by atoms with Crippen molar-refractivity contribution in [2.45, 2.75) is 10.8 Å². The molecule has 126 valence electrons. The first-order valence-corrected chi connectivity index (χ1v) is 7.67. The number of alkyl halides is 2. The Balaban J connectivity index is 2.08. The van der Waals surface area contributed by atoms with Gasteiger partial charge >= 0.3 is 6.03 Å². The van der Waals surface area contributed by atoms with Crippen LogP contribution in [0.15, 0.2) is 47.6 Å². The van der Waals surface area contributed by atoms with E-state index in [1.54, 1.807) is 24.3 Å². The molecule has 9 heteroatoms. The molecule has 0 aliphatic carbocycles. The number of benzene rings is 1. The van der Waals surface area contributed by atoms with Gasteiger partial charge in [-0.3, -0.25) is 4.79 Å². The Labute approximate surface area is 141 Å². The lowest BCUT2D eigenvalue weighted by Crippen LogP contribution is -2.24. The van der Waals surface area contributed by atoms with Crippen LogP contribution in [0, 0.1) is 0 Å². The summed E-state index contributed by atoms with van der Waals surface area (Å²) in [4.78, 5) is 27.2. The normalized spacial score (nSPS) is 10.3. The second kappa shape index (κ2) is 8.25. The molecule has 0 spiro atoms. The van der Waals surface area contributed by atoms with E-state index in [-0.39, 0.29) is 28.4 Å². The van der Waals surface area contributed by atoms with Crippen LogP contribution in [-0.4, -0.2) is 29.7 Å². The van der Waals surface area contributed by atoms with Crippen LogP contribution in [0.3, 0.4) is 0 Å². The average molecular weight is 352 g/mol. The van der Waals surface area contributed by atoms with Crippen LogP contribution < -0.4 is 16.0 Å². The second-order valence-corrected chi connectivity index (χ2v) is 5.45. The molecule has 0 fully saturated rings. The van der Waals surface area contributed by atoms with Crippen molar-refractivity contribution in [3.63, 3.8) is 0 Å². The van der Waals surface area contributed by atoms with Gasteiger partial charge in [0.15, 0.2) is 0 Å². The van der Waals surface area contributed by atoms with Crippen molar-refractivity contribution in [1.29, 1.82) is 0 Å². The molecule has 0 radical (unpaired) electrons. The van der Waals surface area contributed by atoms with Gasteiger partial charge in [-0.1, -0.05) is 0 Å². The summed E-state index contributed by atoms with van der Waals surface area (Å²) in [6.45, 7) is 0. The molecule has 0 aliphatic heterocycles. The van der Waals surface area contributed by atoms with E-state index in [4.69, 9.17) is 0 Å². The van der Waals surface area contributed by atoms with Crippen LogP contribution in [0.4, 0.5) is 25.0 Å². The molecule has 24 heavy (non-hydrogen) atoms. The lowest BCUT2D eigenvalue weighted by molar-refractivity contribution is 0.102. The lowest BCUT2D eigenvalue weighted by atomic mass is 10.2. The summed E-state index contributed by atoms with van der Waals surface area (Å²) in [5, 5.41) is 7.55. The third kappa shape index (κ3) is 4.92. The summed E-state index contributed by atoms with van der Waals surface area (Å²) in [6, 6.07) is 8.93. The molecule has 0 aliphatic rings. The van der Waals surface area contributed by atoms with E-state index in [9.17, 15) is 18.4 Å². The summed E-state index contributed by atoms with van der Waals surface area (Å²) >= 11 is 0.216. The molecule has 1 heterocycles. The molecule has 1 aromatic carbocycles. The smallest absolute Gasteiger partial charge is 0.318 e. The van der Waals surface area contributed by atoms with Crippen LogP contribution in [0.25, 0.3) is 0 Å². The zero-order chi connectivity index (χ0) is 17.5. The topological polar surface area (TPSA) is 83.1 Å². The van der Waals surface area contributed by atoms with E-state index in [1.807, 2.05) is 0 Å². The third-order valence-electron chi connectivity index (χ3n) is 2.84.